The zero-order valence-corrected chi connectivity index (χ0v) is 20.1. The second-order valence-corrected chi connectivity index (χ2v) is 9.24. The maximum atomic E-state index is 10.6. The maximum absolute atomic E-state index is 10.6. The highest BCUT2D eigenvalue weighted by molar-refractivity contribution is 6.42. The summed E-state index contributed by atoms with van der Waals surface area (Å²) in [5.74, 6) is 1.07. The van der Waals surface area contributed by atoms with Gasteiger partial charge < -0.3 is 34.3 Å². The van der Waals surface area contributed by atoms with Crippen molar-refractivity contribution in [1.29, 1.82) is 0 Å². The summed E-state index contributed by atoms with van der Waals surface area (Å²) in [6, 6.07) is 10.6. The molecular weight excluding hydrogens is 481 g/mol. The third-order valence-corrected chi connectivity index (χ3v) is 6.96. The minimum atomic E-state index is -1.10. The van der Waals surface area contributed by atoms with Crippen molar-refractivity contribution < 1.29 is 24.4 Å². The molecule has 180 valence electrons. The highest BCUT2D eigenvalue weighted by atomic mass is 35.5. The Bertz CT molecular complexity index is 1250. The molecule has 0 amide bonds. The van der Waals surface area contributed by atoms with Crippen LogP contribution in [-0.4, -0.2) is 72.0 Å². The van der Waals surface area contributed by atoms with Crippen molar-refractivity contribution in [2.24, 2.45) is 4.99 Å². The number of hydrogen-bond acceptors (Lipinski definition) is 7. The molecule has 3 aromatic rings. The van der Waals surface area contributed by atoms with Crippen molar-refractivity contribution in [3.63, 3.8) is 0 Å². The number of aliphatic hydroxyl groups is 2. The van der Waals surface area contributed by atoms with Crippen LogP contribution in [0.3, 0.4) is 0 Å². The van der Waals surface area contributed by atoms with Gasteiger partial charge in [-0.2, -0.15) is 0 Å². The van der Waals surface area contributed by atoms with Crippen molar-refractivity contribution in [3.8, 4) is 5.75 Å². The second-order valence-electron chi connectivity index (χ2n) is 8.43. The molecular formula is C24H25Cl2N3O5. The van der Waals surface area contributed by atoms with E-state index in [1.807, 2.05) is 36.5 Å². The molecule has 3 heterocycles. The molecule has 1 saturated heterocycles. The first-order chi connectivity index (χ1) is 16.4. The molecule has 8 nitrogen and oxygen atoms in total. The summed E-state index contributed by atoms with van der Waals surface area (Å²) < 4.78 is 19.4. The van der Waals surface area contributed by atoms with Crippen LogP contribution >= 0.6 is 23.2 Å². The van der Waals surface area contributed by atoms with Gasteiger partial charge in [-0.15, -0.1) is 0 Å². The van der Waals surface area contributed by atoms with E-state index in [9.17, 15) is 10.2 Å². The van der Waals surface area contributed by atoms with Crippen molar-refractivity contribution in [1.82, 2.24) is 9.88 Å². The summed E-state index contributed by atoms with van der Waals surface area (Å²) in [4.78, 5) is 4.60. The van der Waals surface area contributed by atoms with Gasteiger partial charge in [0.05, 0.1) is 28.2 Å². The number of aliphatic hydroxyl groups excluding tert-OH is 2. The molecule has 1 fully saturated rings. The number of fused-ring (bicyclic) bond motifs is 2. The van der Waals surface area contributed by atoms with Gasteiger partial charge in [0, 0.05) is 30.7 Å². The first-order valence-corrected chi connectivity index (χ1v) is 11.7. The van der Waals surface area contributed by atoms with Crippen molar-refractivity contribution in [2.45, 2.75) is 37.2 Å². The number of aliphatic imine (C=N–C) groups is 1. The van der Waals surface area contributed by atoms with E-state index in [1.165, 1.54) is 0 Å². The number of hydrogen-bond donors (Lipinski definition) is 3. The third-order valence-electron chi connectivity index (χ3n) is 6.22. The predicted molar refractivity (Wildman–Crippen MR) is 130 cm³/mol. The SMILES string of the molecule is CNC[C@H]1O[C@@H]2OC(c3cn(Cc4ccc(Cl)c(Cl)c4)c4cc(OC)ccc34)=N[C@@H]2[C@@H](O)[C@@H]1O. The molecule has 0 saturated carbocycles. The molecule has 2 aromatic carbocycles. The summed E-state index contributed by atoms with van der Waals surface area (Å²) >= 11 is 12.3. The van der Waals surface area contributed by atoms with Crippen molar-refractivity contribution >= 4 is 40.0 Å². The maximum Gasteiger partial charge on any atom is 0.227 e. The molecule has 0 bridgehead atoms. The Morgan fingerprint density at radius 2 is 1.94 bits per heavy atom. The van der Waals surface area contributed by atoms with E-state index in [0.717, 1.165) is 22.0 Å². The third kappa shape index (κ3) is 4.15. The lowest BCUT2D eigenvalue weighted by Crippen LogP contribution is -2.58. The number of benzene rings is 2. The van der Waals surface area contributed by atoms with Crippen molar-refractivity contribution in [2.75, 3.05) is 20.7 Å². The molecule has 34 heavy (non-hydrogen) atoms. The van der Waals surface area contributed by atoms with Gasteiger partial charge in [0.1, 0.15) is 30.1 Å². The first-order valence-electron chi connectivity index (χ1n) is 10.9. The average molecular weight is 506 g/mol. The lowest BCUT2D eigenvalue weighted by molar-refractivity contribution is -0.224. The molecule has 0 spiro atoms. The Morgan fingerprint density at radius 3 is 2.68 bits per heavy atom. The molecule has 5 rings (SSSR count). The fourth-order valence-electron chi connectivity index (χ4n) is 4.46. The number of halogens is 2. The van der Waals surface area contributed by atoms with Crippen LogP contribution in [0.5, 0.6) is 5.75 Å². The lowest BCUT2D eigenvalue weighted by atomic mass is 9.97. The molecule has 3 N–H and O–H groups in total. The normalized spacial score (nSPS) is 26.3. The van der Waals surface area contributed by atoms with Gasteiger partial charge in [0.25, 0.3) is 0 Å². The molecule has 5 atom stereocenters. The molecule has 2 aliphatic heterocycles. The van der Waals surface area contributed by atoms with E-state index in [2.05, 4.69) is 14.9 Å². The predicted octanol–water partition coefficient (Wildman–Crippen LogP) is 2.82. The van der Waals surface area contributed by atoms with Gasteiger partial charge in [0.15, 0.2) is 0 Å². The number of methoxy groups -OCH3 is 1. The van der Waals surface area contributed by atoms with Crippen LogP contribution in [0.15, 0.2) is 47.6 Å². The highest BCUT2D eigenvalue weighted by Crippen LogP contribution is 2.34. The Labute approximate surface area is 206 Å². The minimum absolute atomic E-state index is 0.356. The first kappa shape index (κ1) is 23.4. The van der Waals surface area contributed by atoms with Gasteiger partial charge in [-0.25, -0.2) is 4.99 Å². The van der Waals surface area contributed by atoms with Crippen molar-refractivity contribution in [3.05, 3.63) is 63.8 Å². The molecule has 2 aliphatic rings. The number of ether oxygens (including phenoxy) is 3. The number of nitrogens with zero attached hydrogens (tertiary/aromatic N) is 2. The quantitative estimate of drug-likeness (QED) is 0.476. The Kier molecular flexibility index (Phi) is 6.45. The average Bonchev–Trinajstić information content (AvgIpc) is 3.41. The van der Waals surface area contributed by atoms with Crippen LogP contribution in [0.25, 0.3) is 10.9 Å². The van der Waals surface area contributed by atoms with E-state index >= 15 is 0 Å². The number of aromatic nitrogens is 1. The zero-order chi connectivity index (χ0) is 24.0. The highest BCUT2D eigenvalue weighted by Gasteiger charge is 2.49. The molecule has 1 aromatic heterocycles. The van der Waals surface area contributed by atoms with Crippen LogP contribution in [-0.2, 0) is 16.0 Å². The molecule has 0 unspecified atom stereocenters. The lowest BCUT2D eigenvalue weighted by Gasteiger charge is -2.37. The Balaban J connectivity index is 1.52. The van der Waals surface area contributed by atoms with Gasteiger partial charge in [-0.3, -0.25) is 0 Å². The largest absolute Gasteiger partial charge is 0.497 e. The smallest absolute Gasteiger partial charge is 0.227 e. The van der Waals surface area contributed by atoms with E-state index < -0.39 is 30.6 Å². The summed E-state index contributed by atoms with van der Waals surface area (Å²) in [6.07, 6.45) is -1.61. The summed E-state index contributed by atoms with van der Waals surface area (Å²) in [5, 5.41) is 25.9. The minimum Gasteiger partial charge on any atom is -0.497 e. The zero-order valence-electron chi connectivity index (χ0n) is 18.6. The molecule has 10 heteroatoms. The Morgan fingerprint density at radius 1 is 1.12 bits per heavy atom. The number of nitrogens with one attached hydrogen (secondary N) is 1. The van der Waals surface area contributed by atoms with E-state index in [1.54, 1.807) is 20.2 Å². The van der Waals surface area contributed by atoms with Crippen LogP contribution in [0.4, 0.5) is 0 Å². The van der Waals surface area contributed by atoms with Crippen LogP contribution in [0.1, 0.15) is 11.1 Å². The summed E-state index contributed by atoms with van der Waals surface area (Å²) in [6.45, 7) is 0.908. The topological polar surface area (TPSA) is 97.5 Å². The van der Waals surface area contributed by atoms with Crippen LogP contribution in [0.2, 0.25) is 10.0 Å². The Hall–Kier alpha value is -2.33. The van der Waals surface area contributed by atoms with Gasteiger partial charge in [-0.05, 0) is 36.9 Å². The molecule has 0 aliphatic carbocycles. The number of likely N-dealkylation sites (N-methyl/N-ethyl adjacent to an activating group) is 1. The fourth-order valence-corrected chi connectivity index (χ4v) is 4.79. The van der Waals surface area contributed by atoms with Crippen LogP contribution in [0, 0.1) is 0 Å². The summed E-state index contributed by atoms with van der Waals surface area (Å²) in [7, 11) is 3.37. The molecule has 0 radical (unpaired) electrons. The van der Waals surface area contributed by atoms with E-state index in [-0.39, 0.29) is 0 Å². The van der Waals surface area contributed by atoms with E-state index in [4.69, 9.17) is 37.4 Å². The number of rotatable bonds is 6. The fraction of sp³-hybridized carbons (Fsp3) is 0.375. The van der Waals surface area contributed by atoms with Crippen LogP contribution < -0.4 is 10.1 Å². The van der Waals surface area contributed by atoms with Gasteiger partial charge in [0.2, 0.25) is 12.2 Å². The second kappa shape index (κ2) is 9.37. The monoisotopic (exact) mass is 505 g/mol. The van der Waals surface area contributed by atoms with Gasteiger partial charge in [-0.1, -0.05) is 29.3 Å². The summed E-state index contributed by atoms with van der Waals surface area (Å²) in [5.41, 5.74) is 2.64. The van der Waals surface area contributed by atoms with Gasteiger partial charge >= 0.3 is 0 Å². The van der Waals surface area contributed by atoms with E-state index in [0.29, 0.717) is 34.8 Å². The standard InChI is InChI=1S/C24H25Cl2N3O5/c1-27-9-19-21(30)22(31)20-24(33-19)34-23(28-20)15-11-29(10-12-3-6-16(25)17(26)7-12)18-8-13(32-2)4-5-14(15)18/h3-8,11,19-22,24,27,30-31H,9-10H2,1-2H3/t19-,20-,21-,22-,24-/m1/s1.